The zero-order valence-electron chi connectivity index (χ0n) is 11.2. The molecule has 0 saturated carbocycles. The van der Waals surface area contributed by atoms with Crippen LogP contribution in [0.5, 0.6) is 5.75 Å². The van der Waals surface area contributed by atoms with Gasteiger partial charge in [-0.05, 0) is 31.4 Å². The fourth-order valence-corrected chi connectivity index (χ4v) is 1.52. The largest absolute Gasteiger partial charge is 0.426 e. The minimum Gasteiger partial charge on any atom is -0.426 e. The van der Waals surface area contributed by atoms with Crippen molar-refractivity contribution in [3.63, 3.8) is 0 Å². The lowest BCUT2D eigenvalue weighted by molar-refractivity contribution is -0.138. The van der Waals surface area contributed by atoms with Gasteiger partial charge in [0.1, 0.15) is 5.75 Å². The third-order valence-electron chi connectivity index (χ3n) is 2.82. The smallest absolute Gasteiger partial charge is 0.314 e. The van der Waals surface area contributed by atoms with E-state index in [9.17, 15) is 4.79 Å². The van der Waals surface area contributed by atoms with Gasteiger partial charge in [0.2, 0.25) is 0 Å². The fraction of sp³-hybridized carbons (Fsp3) is 0.533. The van der Waals surface area contributed by atoms with Gasteiger partial charge in [-0.3, -0.25) is 4.79 Å². The number of rotatable bonds is 5. The van der Waals surface area contributed by atoms with Crippen molar-refractivity contribution in [2.45, 2.75) is 40.5 Å². The van der Waals surface area contributed by atoms with Crippen LogP contribution in [0, 0.1) is 18.8 Å². The summed E-state index contributed by atoms with van der Waals surface area (Å²) in [5.41, 5.74) is 1.16. The molecular weight excluding hydrogens is 212 g/mol. The molecule has 0 fully saturated rings. The Morgan fingerprint density at radius 3 is 2.24 bits per heavy atom. The van der Waals surface area contributed by atoms with Gasteiger partial charge < -0.3 is 4.74 Å². The second-order valence-electron chi connectivity index (χ2n) is 5.11. The quantitative estimate of drug-likeness (QED) is 0.569. The Bertz CT molecular complexity index is 352. The first kappa shape index (κ1) is 13.8. The summed E-state index contributed by atoms with van der Waals surface area (Å²) in [6.07, 6.45) is 1.95. The molecule has 94 valence electrons. The van der Waals surface area contributed by atoms with Gasteiger partial charge in [-0.2, -0.15) is 0 Å². The van der Waals surface area contributed by atoms with E-state index in [4.69, 9.17) is 4.74 Å². The predicted molar refractivity (Wildman–Crippen MR) is 70.1 cm³/mol. The molecular formula is C15H22O2. The summed E-state index contributed by atoms with van der Waals surface area (Å²) in [6.45, 7) is 8.27. The summed E-state index contributed by atoms with van der Waals surface area (Å²) in [4.78, 5) is 11.8. The Kier molecular flexibility index (Phi) is 5.20. The number of aryl methyl sites for hydroxylation is 1. The Morgan fingerprint density at radius 2 is 1.71 bits per heavy atom. The van der Waals surface area contributed by atoms with Crippen molar-refractivity contribution in [3.8, 4) is 5.75 Å². The van der Waals surface area contributed by atoms with E-state index in [0.717, 1.165) is 18.4 Å². The summed E-state index contributed by atoms with van der Waals surface area (Å²) in [7, 11) is 0. The van der Waals surface area contributed by atoms with Crippen molar-refractivity contribution in [1.82, 2.24) is 0 Å². The van der Waals surface area contributed by atoms with Crippen molar-refractivity contribution in [1.29, 1.82) is 0 Å². The van der Waals surface area contributed by atoms with E-state index in [1.165, 1.54) is 0 Å². The van der Waals surface area contributed by atoms with E-state index in [0.29, 0.717) is 11.7 Å². The highest BCUT2D eigenvalue weighted by atomic mass is 16.5. The number of ether oxygens (including phenoxy) is 1. The summed E-state index contributed by atoms with van der Waals surface area (Å²) in [6, 6.07) is 7.56. The molecule has 2 nitrogen and oxygen atoms in total. The second kappa shape index (κ2) is 6.43. The average molecular weight is 234 g/mol. The summed E-state index contributed by atoms with van der Waals surface area (Å²) < 4.78 is 5.32. The van der Waals surface area contributed by atoms with Crippen LogP contribution in [0.3, 0.4) is 0 Å². The zero-order valence-corrected chi connectivity index (χ0v) is 11.2. The van der Waals surface area contributed by atoms with Gasteiger partial charge in [-0.25, -0.2) is 0 Å². The van der Waals surface area contributed by atoms with Crippen LogP contribution in [0.2, 0.25) is 0 Å². The van der Waals surface area contributed by atoms with Gasteiger partial charge in [-0.15, -0.1) is 0 Å². The standard InChI is InChI=1S/C15H22O2/c1-11(2)5-8-13(4)15(16)17-14-9-6-12(3)7-10-14/h6-7,9-11,13H,5,8H2,1-4H3. The molecule has 0 spiro atoms. The molecule has 1 aromatic carbocycles. The van der Waals surface area contributed by atoms with Crippen LogP contribution in [0.15, 0.2) is 24.3 Å². The summed E-state index contributed by atoms with van der Waals surface area (Å²) >= 11 is 0. The average Bonchev–Trinajstić information content (AvgIpc) is 2.28. The van der Waals surface area contributed by atoms with Crippen molar-refractivity contribution in [2.24, 2.45) is 11.8 Å². The van der Waals surface area contributed by atoms with Crippen molar-refractivity contribution in [2.75, 3.05) is 0 Å². The van der Waals surface area contributed by atoms with Crippen LogP contribution in [0.1, 0.15) is 39.2 Å². The second-order valence-corrected chi connectivity index (χ2v) is 5.11. The minimum atomic E-state index is -0.130. The first-order valence-electron chi connectivity index (χ1n) is 6.27. The molecule has 0 bridgehead atoms. The van der Waals surface area contributed by atoms with Gasteiger partial charge in [0.15, 0.2) is 0 Å². The van der Waals surface area contributed by atoms with Crippen LogP contribution in [0.4, 0.5) is 0 Å². The maximum Gasteiger partial charge on any atom is 0.314 e. The SMILES string of the molecule is Cc1ccc(OC(=O)C(C)CCC(C)C)cc1. The van der Waals surface area contributed by atoms with E-state index < -0.39 is 0 Å². The molecule has 1 atom stereocenters. The van der Waals surface area contributed by atoms with Crippen LogP contribution in [-0.4, -0.2) is 5.97 Å². The van der Waals surface area contributed by atoms with E-state index in [1.807, 2.05) is 38.1 Å². The lowest BCUT2D eigenvalue weighted by Gasteiger charge is -2.12. The predicted octanol–water partition coefficient (Wildman–Crippen LogP) is 3.97. The first-order chi connectivity index (χ1) is 7.99. The fourth-order valence-electron chi connectivity index (χ4n) is 1.52. The van der Waals surface area contributed by atoms with Crippen LogP contribution >= 0.6 is 0 Å². The lowest BCUT2D eigenvalue weighted by atomic mass is 9.99. The molecule has 2 heteroatoms. The van der Waals surface area contributed by atoms with Crippen molar-refractivity contribution < 1.29 is 9.53 Å². The van der Waals surface area contributed by atoms with Gasteiger partial charge in [0.25, 0.3) is 0 Å². The van der Waals surface area contributed by atoms with E-state index in [1.54, 1.807) is 0 Å². The molecule has 0 aliphatic heterocycles. The Hall–Kier alpha value is -1.31. The van der Waals surface area contributed by atoms with E-state index in [2.05, 4.69) is 13.8 Å². The number of carbonyl (C=O) groups is 1. The number of benzene rings is 1. The zero-order chi connectivity index (χ0) is 12.8. The summed E-state index contributed by atoms with van der Waals surface area (Å²) in [5.74, 6) is 1.11. The van der Waals surface area contributed by atoms with Crippen LogP contribution < -0.4 is 4.74 Å². The highest BCUT2D eigenvalue weighted by Crippen LogP contribution is 2.17. The maximum absolute atomic E-state index is 11.8. The highest BCUT2D eigenvalue weighted by molar-refractivity contribution is 5.74. The number of esters is 1. The lowest BCUT2D eigenvalue weighted by Crippen LogP contribution is -2.18. The molecule has 0 amide bonds. The van der Waals surface area contributed by atoms with Gasteiger partial charge >= 0.3 is 5.97 Å². The molecule has 0 aliphatic rings. The van der Waals surface area contributed by atoms with Crippen molar-refractivity contribution in [3.05, 3.63) is 29.8 Å². The highest BCUT2D eigenvalue weighted by Gasteiger charge is 2.15. The molecule has 1 unspecified atom stereocenters. The molecule has 0 saturated heterocycles. The molecule has 0 radical (unpaired) electrons. The molecule has 0 aromatic heterocycles. The molecule has 0 N–H and O–H groups in total. The van der Waals surface area contributed by atoms with Crippen LogP contribution in [-0.2, 0) is 4.79 Å². The summed E-state index contributed by atoms with van der Waals surface area (Å²) in [5, 5.41) is 0. The topological polar surface area (TPSA) is 26.3 Å². The minimum absolute atomic E-state index is 0.0290. The van der Waals surface area contributed by atoms with Gasteiger partial charge in [0.05, 0.1) is 5.92 Å². The van der Waals surface area contributed by atoms with Gasteiger partial charge in [0, 0.05) is 0 Å². The Balaban J connectivity index is 2.45. The first-order valence-corrected chi connectivity index (χ1v) is 6.27. The Labute approximate surface area is 104 Å². The number of hydrogen-bond donors (Lipinski definition) is 0. The molecule has 0 heterocycles. The molecule has 17 heavy (non-hydrogen) atoms. The number of hydrogen-bond acceptors (Lipinski definition) is 2. The van der Waals surface area contributed by atoms with Crippen LogP contribution in [0.25, 0.3) is 0 Å². The maximum atomic E-state index is 11.8. The molecule has 1 aromatic rings. The van der Waals surface area contributed by atoms with Gasteiger partial charge in [-0.1, -0.05) is 44.9 Å². The normalized spacial score (nSPS) is 12.5. The third kappa shape index (κ3) is 5.03. The Morgan fingerprint density at radius 1 is 1.12 bits per heavy atom. The monoisotopic (exact) mass is 234 g/mol. The van der Waals surface area contributed by atoms with E-state index >= 15 is 0 Å². The number of carbonyl (C=O) groups excluding carboxylic acids is 1. The molecule has 1 rings (SSSR count). The van der Waals surface area contributed by atoms with Crippen molar-refractivity contribution >= 4 is 5.97 Å². The van der Waals surface area contributed by atoms with E-state index in [-0.39, 0.29) is 11.9 Å². The molecule has 0 aliphatic carbocycles. The third-order valence-corrected chi connectivity index (χ3v) is 2.82.